The van der Waals surface area contributed by atoms with Gasteiger partial charge in [-0.3, -0.25) is 14.3 Å². The van der Waals surface area contributed by atoms with E-state index in [-0.39, 0.29) is 16.3 Å². The Morgan fingerprint density at radius 3 is 2.52 bits per heavy atom. The van der Waals surface area contributed by atoms with E-state index in [1.54, 1.807) is 20.9 Å². The van der Waals surface area contributed by atoms with Crippen LogP contribution in [-0.2, 0) is 11.8 Å². The number of rotatable bonds is 3. The number of aryl methyl sites for hydroxylation is 2. The third-order valence-electron chi connectivity index (χ3n) is 3.12. The van der Waals surface area contributed by atoms with Crippen LogP contribution in [0.1, 0.15) is 21.7 Å². The summed E-state index contributed by atoms with van der Waals surface area (Å²) in [4.78, 5) is 24.2. The summed E-state index contributed by atoms with van der Waals surface area (Å²) in [6.45, 7) is 3.36. The minimum absolute atomic E-state index is 0.131. The van der Waals surface area contributed by atoms with Gasteiger partial charge in [-0.1, -0.05) is 11.6 Å². The number of benzene rings is 1. The Kier molecular flexibility index (Phi) is 4.09. The van der Waals surface area contributed by atoms with Crippen molar-refractivity contribution in [1.82, 2.24) is 9.78 Å². The molecule has 0 saturated carbocycles. The highest BCUT2D eigenvalue weighted by Gasteiger charge is 2.24. The quantitative estimate of drug-likeness (QED) is 0.700. The molecule has 0 unspecified atom stereocenters. The Morgan fingerprint density at radius 1 is 1.33 bits per heavy atom. The molecule has 110 valence electrons. The smallest absolute Gasteiger partial charge is 0.296 e. The molecule has 1 amide bonds. The summed E-state index contributed by atoms with van der Waals surface area (Å²) in [7, 11) is 1.69. The fourth-order valence-corrected chi connectivity index (χ4v) is 2.16. The van der Waals surface area contributed by atoms with Crippen LogP contribution in [0.15, 0.2) is 18.2 Å². The lowest BCUT2D eigenvalue weighted by Gasteiger charge is -2.05. The second-order valence-corrected chi connectivity index (χ2v) is 4.99. The van der Waals surface area contributed by atoms with Gasteiger partial charge in [0.2, 0.25) is 0 Å². The van der Waals surface area contributed by atoms with Gasteiger partial charge in [-0.05, 0) is 32.0 Å². The number of hydrogen-bond acceptors (Lipinski definition) is 3. The maximum Gasteiger partial charge on any atom is 0.296 e. The van der Waals surface area contributed by atoms with Gasteiger partial charge in [0.15, 0.2) is 0 Å². The van der Waals surface area contributed by atoms with Gasteiger partial charge in [0.05, 0.1) is 16.3 Å². The van der Waals surface area contributed by atoms with E-state index in [0.29, 0.717) is 11.4 Å². The van der Waals surface area contributed by atoms with Gasteiger partial charge in [0, 0.05) is 18.4 Å². The zero-order valence-corrected chi connectivity index (χ0v) is 12.5. The van der Waals surface area contributed by atoms with Crippen molar-refractivity contribution in [2.75, 3.05) is 5.32 Å². The average molecular weight is 310 g/mol. The molecule has 7 heteroatoms. The zero-order valence-electron chi connectivity index (χ0n) is 11.7. The highest BCUT2D eigenvalue weighted by atomic mass is 35.5. The number of hydrogen-bond donors (Lipinski definition) is 1. The molecule has 21 heavy (non-hydrogen) atoms. The predicted molar refractivity (Wildman–Crippen MR) is 77.1 cm³/mol. The van der Waals surface area contributed by atoms with Crippen LogP contribution < -0.4 is 5.32 Å². The Balaban J connectivity index is 2.23. The molecule has 0 aliphatic heterocycles. The van der Waals surface area contributed by atoms with Crippen molar-refractivity contribution in [3.8, 4) is 0 Å². The molecule has 0 fully saturated rings. The van der Waals surface area contributed by atoms with Crippen molar-refractivity contribution in [1.29, 1.82) is 0 Å². The lowest BCUT2D eigenvalue weighted by molar-refractivity contribution is -0.112. The number of carbonyl (C=O) groups is 2. The summed E-state index contributed by atoms with van der Waals surface area (Å²) in [6.07, 6.45) is 0. The van der Waals surface area contributed by atoms with Gasteiger partial charge in [0.1, 0.15) is 5.82 Å². The third kappa shape index (κ3) is 2.95. The maximum absolute atomic E-state index is 13.0. The molecule has 1 aromatic heterocycles. The van der Waals surface area contributed by atoms with Crippen LogP contribution in [0, 0.1) is 19.7 Å². The summed E-state index contributed by atoms with van der Waals surface area (Å²) < 4.78 is 14.6. The first-order chi connectivity index (χ1) is 9.81. The summed E-state index contributed by atoms with van der Waals surface area (Å²) >= 11 is 5.62. The molecule has 0 saturated heterocycles. The number of Topliss-reactive ketones (excluding diaryl/α,β-unsaturated/α-hetero) is 1. The fourth-order valence-electron chi connectivity index (χ4n) is 1.98. The largest absolute Gasteiger partial charge is 0.319 e. The minimum atomic E-state index is -0.822. The molecule has 2 aromatic rings. The Hall–Kier alpha value is -2.21. The van der Waals surface area contributed by atoms with E-state index >= 15 is 0 Å². The molecule has 5 nitrogen and oxygen atoms in total. The summed E-state index contributed by atoms with van der Waals surface area (Å²) in [5, 5.41) is 6.36. The van der Waals surface area contributed by atoms with Gasteiger partial charge in [0.25, 0.3) is 11.7 Å². The van der Waals surface area contributed by atoms with E-state index in [0.717, 1.165) is 6.07 Å². The highest BCUT2D eigenvalue weighted by Crippen LogP contribution is 2.20. The number of nitrogens with one attached hydrogen (secondary N) is 1. The highest BCUT2D eigenvalue weighted by molar-refractivity contribution is 6.47. The first-order valence-corrected chi connectivity index (χ1v) is 6.50. The number of anilines is 1. The molecule has 0 bridgehead atoms. The molecule has 0 atom stereocenters. The van der Waals surface area contributed by atoms with Crippen molar-refractivity contribution in [3.63, 3.8) is 0 Å². The van der Waals surface area contributed by atoms with Crippen LogP contribution in [0.4, 0.5) is 10.1 Å². The van der Waals surface area contributed by atoms with E-state index in [9.17, 15) is 14.0 Å². The number of halogens is 2. The van der Waals surface area contributed by atoms with Gasteiger partial charge in [-0.2, -0.15) is 5.10 Å². The second kappa shape index (κ2) is 5.65. The van der Waals surface area contributed by atoms with Crippen molar-refractivity contribution in [2.45, 2.75) is 13.8 Å². The molecule has 0 spiro atoms. The standard InChI is InChI=1S/C14H13ClFN3O2/c1-7-12(8(2)19(3)18-7)13(20)14(21)17-9-4-5-11(16)10(15)6-9/h4-6H,1-3H3,(H,17,21). The SMILES string of the molecule is Cc1nn(C)c(C)c1C(=O)C(=O)Nc1ccc(F)c(Cl)c1. The van der Waals surface area contributed by atoms with Crippen molar-refractivity contribution in [3.05, 3.63) is 46.0 Å². The normalized spacial score (nSPS) is 10.5. The lowest BCUT2D eigenvalue weighted by atomic mass is 10.1. The van der Waals surface area contributed by atoms with Crippen molar-refractivity contribution >= 4 is 29.0 Å². The monoisotopic (exact) mass is 309 g/mol. The average Bonchev–Trinajstić information content (AvgIpc) is 2.67. The van der Waals surface area contributed by atoms with E-state index in [1.165, 1.54) is 16.8 Å². The van der Waals surface area contributed by atoms with E-state index in [2.05, 4.69) is 10.4 Å². The van der Waals surface area contributed by atoms with E-state index in [1.807, 2.05) is 0 Å². The van der Waals surface area contributed by atoms with Crippen molar-refractivity contribution < 1.29 is 14.0 Å². The molecular weight excluding hydrogens is 297 g/mol. The van der Waals surface area contributed by atoms with Crippen LogP contribution in [0.2, 0.25) is 5.02 Å². The number of aromatic nitrogens is 2. The predicted octanol–water partition coefficient (Wildman–Crippen LogP) is 2.65. The number of amides is 1. The molecule has 1 N–H and O–H groups in total. The second-order valence-electron chi connectivity index (χ2n) is 4.58. The number of ketones is 1. The first kappa shape index (κ1) is 15.2. The topological polar surface area (TPSA) is 64.0 Å². The number of carbonyl (C=O) groups excluding carboxylic acids is 2. The fraction of sp³-hybridized carbons (Fsp3) is 0.214. The summed E-state index contributed by atoms with van der Waals surface area (Å²) in [5.74, 6) is -2.12. The van der Waals surface area contributed by atoms with Gasteiger partial charge >= 0.3 is 0 Å². The Morgan fingerprint density at radius 2 is 2.00 bits per heavy atom. The van der Waals surface area contributed by atoms with Crippen LogP contribution in [0.3, 0.4) is 0 Å². The molecule has 0 radical (unpaired) electrons. The van der Waals surface area contributed by atoms with E-state index in [4.69, 9.17) is 11.6 Å². The third-order valence-corrected chi connectivity index (χ3v) is 3.41. The van der Waals surface area contributed by atoms with Gasteiger partial charge in [-0.25, -0.2) is 4.39 Å². The molecule has 1 heterocycles. The molecule has 1 aromatic carbocycles. The Labute approximate surface area is 125 Å². The van der Waals surface area contributed by atoms with Gasteiger partial charge < -0.3 is 5.32 Å². The molecular formula is C14H13ClFN3O2. The summed E-state index contributed by atoms with van der Waals surface area (Å²) in [5.41, 5.74) is 1.60. The Bertz CT molecular complexity index is 740. The number of nitrogens with zero attached hydrogens (tertiary/aromatic N) is 2. The van der Waals surface area contributed by atoms with Crippen LogP contribution in [0.5, 0.6) is 0 Å². The van der Waals surface area contributed by atoms with Gasteiger partial charge in [-0.15, -0.1) is 0 Å². The lowest BCUT2D eigenvalue weighted by Crippen LogP contribution is -2.24. The maximum atomic E-state index is 13.0. The first-order valence-electron chi connectivity index (χ1n) is 6.12. The minimum Gasteiger partial charge on any atom is -0.319 e. The van der Waals surface area contributed by atoms with Crippen LogP contribution >= 0.6 is 11.6 Å². The van der Waals surface area contributed by atoms with Crippen LogP contribution in [0.25, 0.3) is 0 Å². The van der Waals surface area contributed by atoms with Crippen molar-refractivity contribution in [2.24, 2.45) is 7.05 Å². The zero-order chi connectivity index (χ0) is 15.7. The molecule has 0 aliphatic rings. The van der Waals surface area contributed by atoms with E-state index < -0.39 is 17.5 Å². The van der Waals surface area contributed by atoms with Crippen LogP contribution in [-0.4, -0.2) is 21.5 Å². The molecule has 2 rings (SSSR count). The summed E-state index contributed by atoms with van der Waals surface area (Å²) in [6, 6.07) is 3.68. The molecule has 0 aliphatic carbocycles.